The average molecular weight is 329 g/mol. The Hall–Kier alpha value is -1.84. The van der Waals surface area contributed by atoms with Crippen molar-refractivity contribution < 1.29 is 14.3 Å². The number of benzene rings is 1. The lowest BCUT2D eigenvalue weighted by Crippen LogP contribution is -2.46. The van der Waals surface area contributed by atoms with Crippen LogP contribution < -0.4 is 4.74 Å². The molecule has 0 saturated carbocycles. The highest BCUT2D eigenvalue weighted by atomic mass is 16.5. The number of nitrogens with zero attached hydrogens (tertiary/aromatic N) is 1. The second-order valence-electron chi connectivity index (χ2n) is 7.14. The van der Waals surface area contributed by atoms with E-state index in [1.807, 2.05) is 29.2 Å². The predicted molar refractivity (Wildman–Crippen MR) is 93.3 cm³/mol. The number of unbranched alkanes of at least 4 members (excludes halogenated alkanes) is 1. The van der Waals surface area contributed by atoms with E-state index in [4.69, 9.17) is 4.74 Å². The standard InChI is InChI=1S/C20H27NO3/c1-3-5-8-15(4-2)19(23)21-12-11-20(14-21)13-17(22)16-9-6-7-10-18(16)24-20/h6-7,9-10,15H,3-5,8,11-14H2,1-2H3. The average Bonchev–Trinajstić information content (AvgIpc) is 2.98. The van der Waals surface area contributed by atoms with Crippen LogP contribution in [0.4, 0.5) is 0 Å². The van der Waals surface area contributed by atoms with Gasteiger partial charge in [0, 0.05) is 18.9 Å². The highest BCUT2D eigenvalue weighted by Gasteiger charge is 2.47. The zero-order valence-corrected chi connectivity index (χ0v) is 14.7. The lowest BCUT2D eigenvalue weighted by Gasteiger charge is -2.35. The molecule has 1 fully saturated rings. The second-order valence-corrected chi connectivity index (χ2v) is 7.14. The molecule has 1 spiro atoms. The number of fused-ring (bicyclic) bond motifs is 1. The molecule has 1 aromatic carbocycles. The third-order valence-electron chi connectivity index (χ3n) is 5.37. The number of ketones is 1. The summed E-state index contributed by atoms with van der Waals surface area (Å²) in [4.78, 5) is 27.2. The summed E-state index contributed by atoms with van der Waals surface area (Å²) in [6.45, 7) is 5.47. The summed E-state index contributed by atoms with van der Waals surface area (Å²) >= 11 is 0. The Labute approximate surface area is 144 Å². The summed E-state index contributed by atoms with van der Waals surface area (Å²) in [5.41, 5.74) is 0.145. The molecular formula is C20H27NO3. The Balaban J connectivity index is 1.71. The highest BCUT2D eigenvalue weighted by Crippen LogP contribution is 2.39. The first-order valence-electron chi connectivity index (χ1n) is 9.18. The lowest BCUT2D eigenvalue weighted by molar-refractivity contribution is -0.135. The van der Waals surface area contributed by atoms with Gasteiger partial charge in [0.2, 0.25) is 5.91 Å². The second kappa shape index (κ2) is 6.96. The number of carbonyl (C=O) groups is 2. The normalized spacial score (nSPS) is 23.9. The largest absolute Gasteiger partial charge is 0.484 e. The molecule has 3 rings (SSSR count). The fourth-order valence-corrected chi connectivity index (χ4v) is 3.91. The van der Waals surface area contributed by atoms with E-state index in [9.17, 15) is 9.59 Å². The van der Waals surface area contributed by atoms with Crippen molar-refractivity contribution in [1.82, 2.24) is 4.90 Å². The zero-order valence-electron chi connectivity index (χ0n) is 14.7. The van der Waals surface area contributed by atoms with Crippen molar-refractivity contribution in [2.75, 3.05) is 13.1 Å². The van der Waals surface area contributed by atoms with Gasteiger partial charge in [-0.1, -0.05) is 38.8 Å². The molecule has 2 heterocycles. The smallest absolute Gasteiger partial charge is 0.225 e. The van der Waals surface area contributed by atoms with Gasteiger partial charge in [-0.3, -0.25) is 9.59 Å². The van der Waals surface area contributed by atoms with E-state index in [2.05, 4.69) is 13.8 Å². The minimum atomic E-state index is -0.524. The molecule has 2 atom stereocenters. The topological polar surface area (TPSA) is 46.6 Å². The number of para-hydroxylation sites is 1. The van der Waals surface area contributed by atoms with Gasteiger partial charge in [-0.2, -0.15) is 0 Å². The minimum Gasteiger partial charge on any atom is -0.484 e. The Bertz CT molecular complexity index is 627. The van der Waals surface area contributed by atoms with Gasteiger partial charge in [0.15, 0.2) is 5.78 Å². The van der Waals surface area contributed by atoms with Crippen molar-refractivity contribution in [3.05, 3.63) is 29.8 Å². The van der Waals surface area contributed by atoms with Gasteiger partial charge in [-0.05, 0) is 25.0 Å². The van der Waals surface area contributed by atoms with Crippen molar-refractivity contribution >= 4 is 11.7 Å². The number of hydrogen-bond donors (Lipinski definition) is 0. The molecule has 0 aromatic heterocycles. The monoisotopic (exact) mass is 329 g/mol. The summed E-state index contributed by atoms with van der Waals surface area (Å²) in [7, 11) is 0. The van der Waals surface area contributed by atoms with Gasteiger partial charge >= 0.3 is 0 Å². The molecule has 0 bridgehead atoms. The maximum absolute atomic E-state index is 12.8. The molecule has 4 heteroatoms. The number of ether oxygens (including phenoxy) is 1. The Morgan fingerprint density at radius 2 is 2.12 bits per heavy atom. The van der Waals surface area contributed by atoms with Crippen LogP contribution in [0.2, 0.25) is 0 Å². The van der Waals surface area contributed by atoms with Crippen LogP contribution in [-0.2, 0) is 4.79 Å². The van der Waals surface area contributed by atoms with Crippen LogP contribution in [0.15, 0.2) is 24.3 Å². The molecule has 2 unspecified atom stereocenters. The first kappa shape index (κ1) is 17.0. The third-order valence-corrected chi connectivity index (χ3v) is 5.37. The van der Waals surface area contributed by atoms with Crippen molar-refractivity contribution in [2.24, 2.45) is 5.92 Å². The molecule has 130 valence electrons. The van der Waals surface area contributed by atoms with Gasteiger partial charge in [0.25, 0.3) is 0 Å². The molecule has 0 radical (unpaired) electrons. The summed E-state index contributed by atoms with van der Waals surface area (Å²) < 4.78 is 6.21. The summed E-state index contributed by atoms with van der Waals surface area (Å²) in [6.07, 6.45) is 5.15. The van der Waals surface area contributed by atoms with Crippen LogP contribution in [0.3, 0.4) is 0 Å². The van der Waals surface area contributed by atoms with Crippen LogP contribution in [-0.4, -0.2) is 35.3 Å². The third kappa shape index (κ3) is 3.19. The molecule has 2 aliphatic heterocycles. The number of amides is 1. The lowest BCUT2D eigenvalue weighted by atomic mass is 9.89. The van der Waals surface area contributed by atoms with Gasteiger partial charge < -0.3 is 9.64 Å². The molecule has 0 aliphatic carbocycles. The molecule has 0 N–H and O–H groups in total. The van der Waals surface area contributed by atoms with Gasteiger partial charge in [0.1, 0.15) is 11.4 Å². The summed E-state index contributed by atoms with van der Waals surface area (Å²) in [5.74, 6) is 1.13. The Morgan fingerprint density at radius 1 is 1.33 bits per heavy atom. The SMILES string of the molecule is CCCCC(CC)C(=O)N1CCC2(CC(=O)c3ccccc3O2)C1. The fraction of sp³-hybridized carbons (Fsp3) is 0.600. The Kier molecular flexibility index (Phi) is 4.93. The van der Waals surface area contributed by atoms with Crippen LogP contribution >= 0.6 is 0 Å². The van der Waals surface area contributed by atoms with Gasteiger partial charge in [-0.15, -0.1) is 0 Å². The van der Waals surface area contributed by atoms with E-state index in [-0.39, 0.29) is 17.6 Å². The predicted octanol–water partition coefficient (Wildman–Crippen LogP) is 3.84. The van der Waals surface area contributed by atoms with E-state index in [0.717, 1.165) is 32.1 Å². The first-order chi connectivity index (χ1) is 11.6. The number of hydrogen-bond acceptors (Lipinski definition) is 3. The minimum absolute atomic E-state index is 0.103. The molecule has 2 aliphatic rings. The maximum atomic E-state index is 12.8. The maximum Gasteiger partial charge on any atom is 0.225 e. The van der Waals surface area contributed by atoms with E-state index < -0.39 is 5.60 Å². The molecular weight excluding hydrogens is 302 g/mol. The van der Waals surface area contributed by atoms with E-state index in [1.165, 1.54) is 0 Å². The number of likely N-dealkylation sites (tertiary alicyclic amines) is 1. The summed E-state index contributed by atoms with van der Waals surface area (Å²) in [5, 5.41) is 0. The molecule has 4 nitrogen and oxygen atoms in total. The van der Waals surface area contributed by atoms with Crippen molar-refractivity contribution in [1.29, 1.82) is 0 Å². The van der Waals surface area contributed by atoms with Crippen molar-refractivity contribution in [3.8, 4) is 5.75 Å². The number of carbonyl (C=O) groups excluding carboxylic acids is 2. The number of Topliss-reactive ketones (excluding diaryl/α,β-unsaturated/α-hetero) is 1. The molecule has 24 heavy (non-hydrogen) atoms. The van der Waals surface area contributed by atoms with Crippen LogP contribution in [0.1, 0.15) is 62.7 Å². The Morgan fingerprint density at radius 3 is 2.88 bits per heavy atom. The van der Waals surface area contributed by atoms with E-state index in [0.29, 0.717) is 30.8 Å². The molecule has 1 saturated heterocycles. The first-order valence-corrected chi connectivity index (χ1v) is 9.18. The summed E-state index contributed by atoms with van der Waals surface area (Å²) in [6, 6.07) is 7.43. The van der Waals surface area contributed by atoms with Crippen molar-refractivity contribution in [2.45, 2.75) is 58.0 Å². The molecule has 1 aromatic rings. The zero-order chi connectivity index (χ0) is 17.2. The van der Waals surface area contributed by atoms with Crippen LogP contribution in [0.25, 0.3) is 0 Å². The van der Waals surface area contributed by atoms with Crippen LogP contribution in [0, 0.1) is 5.92 Å². The van der Waals surface area contributed by atoms with Gasteiger partial charge in [-0.25, -0.2) is 0 Å². The van der Waals surface area contributed by atoms with Crippen molar-refractivity contribution in [3.63, 3.8) is 0 Å². The number of rotatable bonds is 5. The van der Waals surface area contributed by atoms with E-state index >= 15 is 0 Å². The highest BCUT2D eigenvalue weighted by molar-refractivity contribution is 6.00. The van der Waals surface area contributed by atoms with Gasteiger partial charge in [0.05, 0.1) is 18.5 Å². The molecule has 1 amide bonds. The fourth-order valence-electron chi connectivity index (χ4n) is 3.91. The van der Waals surface area contributed by atoms with E-state index in [1.54, 1.807) is 0 Å². The quantitative estimate of drug-likeness (QED) is 0.824. The van der Waals surface area contributed by atoms with Crippen LogP contribution in [0.5, 0.6) is 5.75 Å².